The summed E-state index contributed by atoms with van der Waals surface area (Å²) in [5, 5.41) is 18.4. The minimum absolute atomic E-state index is 0.511. The molecule has 0 aliphatic carbocycles. The molecule has 1 aliphatic heterocycles. The number of hydrogen-bond acceptors (Lipinski definition) is 5. The van der Waals surface area contributed by atoms with Crippen molar-refractivity contribution in [2.45, 2.75) is 6.54 Å². The minimum Gasteiger partial charge on any atom is -0.496 e. The lowest BCUT2D eigenvalue weighted by atomic mass is 9.79. The molecule has 0 bridgehead atoms. The van der Waals surface area contributed by atoms with Crippen LogP contribution in [0.3, 0.4) is 0 Å². The molecule has 2 N–H and O–H groups in total. The standard InChI is InChI=1S/C12H18BNO3S/c1-17-12-3-2-11(13(15)16)8-10(12)9-14-4-6-18-7-5-14/h2-3,8,15-16H,4-7,9H2,1H3. The summed E-state index contributed by atoms with van der Waals surface area (Å²) in [6.45, 7) is 2.93. The van der Waals surface area contributed by atoms with Gasteiger partial charge in [-0.1, -0.05) is 12.1 Å². The molecule has 6 heteroatoms. The van der Waals surface area contributed by atoms with E-state index in [4.69, 9.17) is 4.74 Å². The van der Waals surface area contributed by atoms with Gasteiger partial charge in [-0.3, -0.25) is 4.90 Å². The molecule has 4 nitrogen and oxygen atoms in total. The van der Waals surface area contributed by atoms with Crippen molar-refractivity contribution in [2.24, 2.45) is 0 Å². The van der Waals surface area contributed by atoms with Crippen LogP contribution in [0.4, 0.5) is 0 Å². The fourth-order valence-electron chi connectivity index (χ4n) is 2.08. The van der Waals surface area contributed by atoms with Gasteiger partial charge in [-0.15, -0.1) is 0 Å². The van der Waals surface area contributed by atoms with E-state index in [-0.39, 0.29) is 0 Å². The molecule has 1 saturated heterocycles. The molecule has 1 aromatic carbocycles. The molecule has 1 heterocycles. The summed E-state index contributed by atoms with van der Waals surface area (Å²) >= 11 is 1.97. The van der Waals surface area contributed by atoms with E-state index in [1.807, 2.05) is 17.8 Å². The SMILES string of the molecule is COc1ccc(B(O)O)cc1CN1CCSCC1. The van der Waals surface area contributed by atoms with E-state index in [1.165, 1.54) is 0 Å². The largest absolute Gasteiger partial charge is 0.496 e. The molecule has 1 fully saturated rings. The van der Waals surface area contributed by atoms with Crippen LogP contribution in [-0.4, -0.2) is 53.8 Å². The van der Waals surface area contributed by atoms with Crippen LogP contribution in [0.25, 0.3) is 0 Å². The summed E-state index contributed by atoms with van der Waals surface area (Å²) in [4.78, 5) is 2.36. The Hall–Kier alpha value is -0.685. The molecule has 0 unspecified atom stereocenters. The third kappa shape index (κ3) is 3.41. The second kappa shape index (κ2) is 6.47. The molecular weight excluding hydrogens is 249 g/mol. The number of methoxy groups -OCH3 is 1. The first-order valence-corrected chi connectivity index (χ1v) is 7.19. The smallest absolute Gasteiger partial charge is 0.488 e. The Bertz CT molecular complexity index is 397. The quantitative estimate of drug-likeness (QED) is 0.748. The number of ether oxygens (including phenoxy) is 1. The highest BCUT2D eigenvalue weighted by molar-refractivity contribution is 7.99. The van der Waals surface area contributed by atoms with Crippen molar-refractivity contribution in [3.63, 3.8) is 0 Å². The lowest BCUT2D eigenvalue weighted by Gasteiger charge is -2.27. The molecule has 0 aromatic heterocycles. The highest BCUT2D eigenvalue weighted by Crippen LogP contribution is 2.20. The summed E-state index contributed by atoms with van der Waals surface area (Å²) in [6, 6.07) is 5.28. The first-order valence-electron chi connectivity index (χ1n) is 6.04. The minimum atomic E-state index is -1.42. The summed E-state index contributed by atoms with van der Waals surface area (Å²) in [7, 11) is 0.214. The van der Waals surface area contributed by atoms with Gasteiger partial charge in [-0.05, 0) is 11.5 Å². The zero-order valence-electron chi connectivity index (χ0n) is 10.5. The van der Waals surface area contributed by atoms with Crippen molar-refractivity contribution in [1.29, 1.82) is 0 Å². The van der Waals surface area contributed by atoms with Gasteiger partial charge in [-0.25, -0.2) is 0 Å². The zero-order valence-corrected chi connectivity index (χ0v) is 11.3. The average Bonchev–Trinajstić information content (AvgIpc) is 2.39. The predicted molar refractivity (Wildman–Crippen MR) is 75.4 cm³/mol. The van der Waals surface area contributed by atoms with E-state index in [0.717, 1.165) is 42.5 Å². The third-order valence-corrected chi connectivity index (χ3v) is 4.04. The van der Waals surface area contributed by atoms with E-state index in [1.54, 1.807) is 19.2 Å². The van der Waals surface area contributed by atoms with Crippen molar-refractivity contribution >= 4 is 24.3 Å². The molecule has 0 atom stereocenters. The fourth-order valence-corrected chi connectivity index (χ4v) is 3.06. The Labute approximate surface area is 112 Å². The molecular formula is C12H18BNO3S. The van der Waals surface area contributed by atoms with Crippen molar-refractivity contribution in [3.8, 4) is 5.75 Å². The molecule has 1 aliphatic rings. The average molecular weight is 267 g/mol. The van der Waals surface area contributed by atoms with Gasteiger partial charge in [0, 0.05) is 36.7 Å². The van der Waals surface area contributed by atoms with Crippen molar-refractivity contribution in [1.82, 2.24) is 4.90 Å². The van der Waals surface area contributed by atoms with Gasteiger partial charge in [-0.2, -0.15) is 11.8 Å². The van der Waals surface area contributed by atoms with Crippen LogP contribution in [0.15, 0.2) is 18.2 Å². The van der Waals surface area contributed by atoms with Crippen LogP contribution in [0, 0.1) is 0 Å². The molecule has 1 aromatic rings. The summed E-state index contributed by atoms with van der Waals surface area (Å²) in [5.74, 6) is 3.12. The highest BCUT2D eigenvalue weighted by Gasteiger charge is 2.17. The number of rotatable bonds is 4. The molecule has 18 heavy (non-hydrogen) atoms. The van der Waals surface area contributed by atoms with Crippen molar-refractivity contribution < 1.29 is 14.8 Å². The normalized spacial score (nSPS) is 16.6. The van der Waals surface area contributed by atoms with Gasteiger partial charge in [0.05, 0.1) is 7.11 Å². The van der Waals surface area contributed by atoms with E-state index in [9.17, 15) is 10.0 Å². The van der Waals surface area contributed by atoms with Crippen molar-refractivity contribution in [3.05, 3.63) is 23.8 Å². The first-order chi connectivity index (χ1) is 8.70. The highest BCUT2D eigenvalue weighted by atomic mass is 32.2. The second-order valence-electron chi connectivity index (χ2n) is 4.33. The molecule has 98 valence electrons. The summed E-state index contributed by atoms with van der Waals surface area (Å²) < 4.78 is 5.33. The molecule has 2 rings (SSSR count). The van der Waals surface area contributed by atoms with Gasteiger partial charge in [0.25, 0.3) is 0 Å². The lowest BCUT2D eigenvalue weighted by Crippen LogP contribution is -2.34. The first kappa shape index (κ1) is 13.7. The molecule has 0 radical (unpaired) electrons. The maximum Gasteiger partial charge on any atom is 0.488 e. The van der Waals surface area contributed by atoms with E-state index in [0.29, 0.717) is 5.46 Å². The van der Waals surface area contributed by atoms with Crippen molar-refractivity contribution in [2.75, 3.05) is 31.7 Å². The Kier molecular flexibility index (Phi) is 4.94. The van der Waals surface area contributed by atoms with E-state index < -0.39 is 7.12 Å². The van der Waals surface area contributed by atoms with Crippen LogP contribution in [0.2, 0.25) is 0 Å². The Morgan fingerprint density at radius 1 is 1.33 bits per heavy atom. The fraction of sp³-hybridized carbons (Fsp3) is 0.500. The Morgan fingerprint density at radius 3 is 2.67 bits per heavy atom. The summed E-state index contributed by atoms with van der Waals surface area (Å²) in [5.41, 5.74) is 1.52. The molecule has 0 amide bonds. The molecule has 0 saturated carbocycles. The Balaban J connectivity index is 2.15. The van der Waals surface area contributed by atoms with Gasteiger partial charge in [0.1, 0.15) is 5.75 Å². The number of hydrogen-bond donors (Lipinski definition) is 2. The van der Waals surface area contributed by atoms with Gasteiger partial charge < -0.3 is 14.8 Å². The van der Waals surface area contributed by atoms with E-state index in [2.05, 4.69) is 4.90 Å². The van der Waals surface area contributed by atoms with Crippen LogP contribution < -0.4 is 10.2 Å². The zero-order chi connectivity index (χ0) is 13.0. The van der Waals surface area contributed by atoms with Gasteiger partial charge in [0.15, 0.2) is 0 Å². The number of nitrogens with zero attached hydrogens (tertiary/aromatic N) is 1. The van der Waals surface area contributed by atoms with E-state index >= 15 is 0 Å². The number of benzene rings is 1. The maximum absolute atomic E-state index is 9.22. The van der Waals surface area contributed by atoms with Gasteiger partial charge in [0.2, 0.25) is 0 Å². The van der Waals surface area contributed by atoms with Crippen LogP contribution in [0.5, 0.6) is 5.75 Å². The van der Waals surface area contributed by atoms with Crippen LogP contribution in [0.1, 0.15) is 5.56 Å². The lowest BCUT2D eigenvalue weighted by molar-refractivity contribution is 0.288. The van der Waals surface area contributed by atoms with Crippen LogP contribution >= 0.6 is 11.8 Å². The van der Waals surface area contributed by atoms with Gasteiger partial charge >= 0.3 is 7.12 Å². The second-order valence-corrected chi connectivity index (χ2v) is 5.56. The van der Waals surface area contributed by atoms with Crippen LogP contribution in [-0.2, 0) is 6.54 Å². The predicted octanol–water partition coefficient (Wildman–Crippen LogP) is -0.0762. The number of thioether (sulfide) groups is 1. The Morgan fingerprint density at radius 2 is 2.06 bits per heavy atom. The maximum atomic E-state index is 9.22. The topological polar surface area (TPSA) is 52.9 Å². The monoisotopic (exact) mass is 267 g/mol. The molecule has 0 spiro atoms. The third-order valence-electron chi connectivity index (χ3n) is 3.10. The summed E-state index contributed by atoms with van der Waals surface area (Å²) in [6.07, 6.45) is 0.